The normalized spacial score (nSPS) is 11.2. The number of nitrogens with zero attached hydrogens (tertiary/aromatic N) is 1. The molecule has 1 heterocycles. The number of aromatic nitrogens is 1. The van der Waals surface area contributed by atoms with Crippen LogP contribution in [0.15, 0.2) is 47.5 Å². The monoisotopic (exact) mass is 292 g/mol. The van der Waals surface area contributed by atoms with Crippen LogP contribution in [0, 0.1) is 0 Å². The summed E-state index contributed by atoms with van der Waals surface area (Å²) in [6, 6.07) is 10.1. The van der Waals surface area contributed by atoms with Crippen LogP contribution in [0.1, 0.15) is 5.56 Å². The second-order valence-electron chi connectivity index (χ2n) is 4.34. The average Bonchev–Trinajstić information content (AvgIpc) is 2.41. The highest BCUT2D eigenvalue weighted by molar-refractivity contribution is 7.89. The van der Waals surface area contributed by atoms with E-state index in [2.05, 4.69) is 10.3 Å². The molecule has 0 aliphatic carbocycles. The highest BCUT2D eigenvalue weighted by Gasteiger charge is 2.06. The van der Waals surface area contributed by atoms with Crippen LogP contribution in [0.4, 0.5) is 11.5 Å². The maximum absolute atomic E-state index is 11.1. The third-order valence-electron chi connectivity index (χ3n) is 2.78. The molecule has 1 aromatic carbocycles. The maximum Gasteiger partial charge on any atom is 0.238 e. The molecule has 106 valence electrons. The van der Waals surface area contributed by atoms with Gasteiger partial charge in [-0.2, -0.15) is 0 Å². The lowest BCUT2D eigenvalue weighted by Gasteiger charge is -2.06. The Bertz CT molecular complexity index is 667. The van der Waals surface area contributed by atoms with Gasteiger partial charge in [0.25, 0.3) is 0 Å². The molecule has 0 spiro atoms. The number of primary sulfonamides is 1. The standard InChI is InChI=1S/C13H16N4O2S/c14-13-6-3-11(9-17-13)16-8-7-10-1-4-12(5-2-10)20(15,18)19/h1-6,9,16H,7-8H2,(H2,14,17)(H2,15,18,19). The molecule has 1 aromatic heterocycles. The molecule has 0 unspecified atom stereocenters. The summed E-state index contributed by atoms with van der Waals surface area (Å²) in [5.74, 6) is 0.481. The van der Waals surface area contributed by atoms with Gasteiger partial charge in [-0.1, -0.05) is 12.1 Å². The molecule has 0 aliphatic rings. The predicted molar refractivity (Wildman–Crippen MR) is 78.7 cm³/mol. The number of nitrogens with two attached hydrogens (primary N) is 2. The fourth-order valence-corrected chi connectivity index (χ4v) is 2.22. The van der Waals surface area contributed by atoms with Gasteiger partial charge in [0.2, 0.25) is 10.0 Å². The number of pyridine rings is 1. The van der Waals surface area contributed by atoms with Crippen LogP contribution in [0.3, 0.4) is 0 Å². The van der Waals surface area contributed by atoms with E-state index in [0.29, 0.717) is 12.4 Å². The largest absolute Gasteiger partial charge is 0.384 e. The summed E-state index contributed by atoms with van der Waals surface area (Å²) in [5.41, 5.74) is 7.41. The minimum absolute atomic E-state index is 0.122. The van der Waals surface area contributed by atoms with Crippen LogP contribution in [0.5, 0.6) is 0 Å². The van der Waals surface area contributed by atoms with E-state index in [1.807, 2.05) is 6.07 Å². The van der Waals surface area contributed by atoms with Gasteiger partial charge in [0.15, 0.2) is 0 Å². The van der Waals surface area contributed by atoms with E-state index in [1.54, 1.807) is 24.4 Å². The number of hydrogen-bond donors (Lipinski definition) is 3. The first kappa shape index (κ1) is 14.3. The van der Waals surface area contributed by atoms with E-state index >= 15 is 0 Å². The van der Waals surface area contributed by atoms with Crippen molar-refractivity contribution in [2.24, 2.45) is 5.14 Å². The smallest absolute Gasteiger partial charge is 0.238 e. The van der Waals surface area contributed by atoms with Crippen LogP contribution in [0.25, 0.3) is 0 Å². The molecule has 0 aliphatic heterocycles. The van der Waals surface area contributed by atoms with E-state index in [0.717, 1.165) is 17.7 Å². The Kier molecular flexibility index (Phi) is 4.21. The summed E-state index contributed by atoms with van der Waals surface area (Å²) in [6.07, 6.45) is 2.43. The minimum atomic E-state index is -3.62. The van der Waals surface area contributed by atoms with E-state index in [4.69, 9.17) is 10.9 Å². The SMILES string of the molecule is Nc1ccc(NCCc2ccc(S(N)(=O)=O)cc2)cn1. The molecular weight excluding hydrogens is 276 g/mol. The van der Waals surface area contributed by atoms with Crippen molar-refractivity contribution in [2.75, 3.05) is 17.6 Å². The Morgan fingerprint density at radius 1 is 1.10 bits per heavy atom. The second kappa shape index (κ2) is 5.89. The molecule has 7 heteroatoms. The second-order valence-corrected chi connectivity index (χ2v) is 5.90. The summed E-state index contributed by atoms with van der Waals surface area (Å²) in [6.45, 7) is 0.709. The van der Waals surface area contributed by atoms with Crippen LogP contribution in [0.2, 0.25) is 0 Å². The molecule has 0 radical (unpaired) electrons. The third kappa shape index (κ3) is 3.94. The van der Waals surface area contributed by atoms with Crippen molar-refractivity contribution in [3.05, 3.63) is 48.2 Å². The molecular formula is C13H16N4O2S. The lowest BCUT2D eigenvalue weighted by atomic mass is 10.1. The van der Waals surface area contributed by atoms with Gasteiger partial charge in [0.1, 0.15) is 5.82 Å². The fourth-order valence-electron chi connectivity index (χ4n) is 1.71. The van der Waals surface area contributed by atoms with Crippen molar-refractivity contribution in [3.8, 4) is 0 Å². The van der Waals surface area contributed by atoms with Crippen LogP contribution in [-0.2, 0) is 16.4 Å². The summed E-state index contributed by atoms with van der Waals surface area (Å²) in [5, 5.41) is 8.24. The highest BCUT2D eigenvalue weighted by Crippen LogP contribution is 2.10. The Morgan fingerprint density at radius 3 is 2.35 bits per heavy atom. The summed E-state index contributed by atoms with van der Waals surface area (Å²) in [4.78, 5) is 4.10. The van der Waals surface area contributed by atoms with Gasteiger partial charge in [-0.05, 0) is 36.2 Å². The lowest BCUT2D eigenvalue weighted by molar-refractivity contribution is 0.598. The van der Waals surface area contributed by atoms with Crippen molar-refractivity contribution >= 4 is 21.5 Å². The van der Waals surface area contributed by atoms with E-state index in [1.165, 1.54) is 12.1 Å². The van der Waals surface area contributed by atoms with Crippen molar-refractivity contribution < 1.29 is 8.42 Å². The number of rotatable bonds is 5. The lowest BCUT2D eigenvalue weighted by Crippen LogP contribution is -2.12. The minimum Gasteiger partial charge on any atom is -0.384 e. The molecule has 0 saturated heterocycles. The average molecular weight is 292 g/mol. The Morgan fingerprint density at radius 2 is 1.80 bits per heavy atom. The first-order valence-corrected chi connectivity index (χ1v) is 7.57. The molecule has 0 atom stereocenters. The van der Waals surface area contributed by atoms with Gasteiger partial charge in [-0.15, -0.1) is 0 Å². The molecule has 0 bridgehead atoms. The number of hydrogen-bond acceptors (Lipinski definition) is 5. The highest BCUT2D eigenvalue weighted by atomic mass is 32.2. The van der Waals surface area contributed by atoms with Gasteiger partial charge in [0, 0.05) is 6.54 Å². The van der Waals surface area contributed by atoms with Crippen LogP contribution >= 0.6 is 0 Å². The Hall–Kier alpha value is -2.12. The molecule has 0 fully saturated rings. The zero-order chi connectivity index (χ0) is 14.6. The van der Waals surface area contributed by atoms with Crippen molar-refractivity contribution in [3.63, 3.8) is 0 Å². The van der Waals surface area contributed by atoms with Gasteiger partial charge in [-0.25, -0.2) is 18.5 Å². The van der Waals surface area contributed by atoms with E-state index in [-0.39, 0.29) is 4.90 Å². The zero-order valence-electron chi connectivity index (χ0n) is 10.8. The van der Waals surface area contributed by atoms with E-state index in [9.17, 15) is 8.42 Å². The van der Waals surface area contributed by atoms with Gasteiger partial charge in [-0.3, -0.25) is 0 Å². The maximum atomic E-state index is 11.1. The quantitative estimate of drug-likeness (QED) is 0.760. The fraction of sp³-hybridized carbons (Fsp3) is 0.154. The number of benzene rings is 1. The molecule has 0 saturated carbocycles. The summed E-state index contributed by atoms with van der Waals surface area (Å²) in [7, 11) is -3.62. The molecule has 6 nitrogen and oxygen atoms in total. The number of anilines is 2. The zero-order valence-corrected chi connectivity index (χ0v) is 11.6. The summed E-state index contributed by atoms with van der Waals surface area (Å²) < 4.78 is 22.2. The number of sulfonamides is 1. The summed E-state index contributed by atoms with van der Waals surface area (Å²) >= 11 is 0. The first-order valence-electron chi connectivity index (χ1n) is 6.02. The van der Waals surface area contributed by atoms with E-state index < -0.39 is 10.0 Å². The van der Waals surface area contributed by atoms with Crippen molar-refractivity contribution in [2.45, 2.75) is 11.3 Å². The van der Waals surface area contributed by atoms with Gasteiger partial charge >= 0.3 is 0 Å². The molecule has 2 rings (SSSR count). The predicted octanol–water partition coefficient (Wildman–Crippen LogP) is 0.966. The molecule has 20 heavy (non-hydrogen) atoms. The van der Waals surface area contributed by atoms with Crippen molar-refractivity contribution in [1.29, 1.82) is 0 Å². The molecule has 5 N–H and O–H groups in total. The Labute approximate surface area is 117 Å². The van der Waals surface area contributed by atoms with Crippen molar-refractivity contribution in [1.82, 2.24) is 4.98 Å². The number of nitrogen functional groups attached to an aromatic ring is 1. The molecule has 2 aromatic rings. The Balaban J connectivity index is 1.90. The topological polar surface area (TPSA) is 111 Å². The number of nitrogens with one attached hydrogen (secondary N) is 1. The first-order chi connectivity index (χ1) is 9.45. The van der Waals surface area contributed by atoms with Gasteiger partial charge in [0.05, 0.1) is 16.8 Å². The third-order valence-corrected chi connectivity index (χ3v) is 3.71. The van der Waals surface area contributed by atoms with Crippen LogP contribution < -0.4 is 16.2 Å². The molecule has 0 amide bonds. The van der Waals surface area contributed by atoms with Gasteiger partial charge < -0.3 is 11.1 Å². The van der Waals surface area contributed by atoms with Crippen LogP contribution in [-0.4, -0.2) is 19.9 Å².